The van der Waals surface area contributed by atoms with Crippen molar-refractivity contribution in [3.63, 3.8) is 0 Å². The smallest absolute Gasteiger partial charge is 0.115 e. The molecule has 0 saturated heterocycles. The van der Waals surface area contributed by atoms with Gasteiger partial charge in [-0.2, -0.15) is 0 Å². The predicted molar refractivity (Wildman–Crippen MR) is 87.6 cm³/mol. The molecule has 1 unspecified atom stereocenters. The fraction of sp³-hybridized carbons (Fsp3) is 0.625. The van der Waals surface area contributed by atoms with E-state index in [1.165, 1.54) is 12.0 Å². The van der Waals surface area contributed by atoms with Gasteiger partial charge in [0, 0.05) is 4.43 Å². The van der Waals surface area contributed by atoms with Gasteiger partial charge in [-0.15, -0.1) is 0 Å². The highest BCUT2D eigenvalue weighted by Crippen LogP contribution is 2.43. The number of hydrogen-bond acceptors (Lipinski definition) is 1. The molecule has 0 radical (unpaired) electrons. The molecule has 1 nitrogen and oxygen atoms in total. The maximum Gasteiger partial charge on any atom is 0.115 e. The molecule has 102 valence electrons. The van der Waals surface area contributed by atoms with Gasteiger partial charge in [-0.05, 0) is 40.9 Å². The molecule has 0 spiro atoms. The maximum atomic E-state index is 9.42. The largest absolute Gasteiger partial charge is 0.508 e. The van der Waals surface area contributed by atoms with Crippen molar-refractivity contribution < 1.29 is 5.11 Å². The number of hydrogen-bond donors (Lipinski definition) is 1. The fourth-order valence-corrected chi connectivity index (χ4v) is 2.55. The molecule has 1 aromatic carbocycles. The first-order valence-electron chi connectivity index (χ1n) is 6.50. The highest BCUT2D eigenvalue weighted by molar-refractivity contribution is 14.1. The number of benzene rings is 1. The fourth-order valence-electron chi connectivity index (χ4n) is 2.24. The lowest BCUT2D eigenvalue weighted by molar-refractivity contribution is 0.234. The van der Waals surface area contributed by atoms with E-state index in [1.54, 1.807) is 12.1 Å². The number of rotatable bonds is 4. The van der Waals surface area contributed by atoms with Gasteiger partial charge >= 0.3 is 0 Å². The average molecular weight is 360 g/mol. The zero-order chi connectivity index (χ0) is 14.0. The quantitative estimate of drug-likeness (QED) is 0.565. The molecule has 0 saturated carbocycles. The molecule has 1 N–H and O–H groups in total. The predicted octanol–water partition coefficient (Wildman–Crippen LogP) is 5.37. The van der Waals surface area contributed by atoms with Crippen LogP contribution < -0.4 is 0 Å². The van der Waals surface area contributed by atoms with Crippen LogP contribution in [0.4, 0.5) is 0 Å². The summed E-state index contributed by atoms with van der Waals surface area (Å²) in [5.41, 5.74) is 1.91. The Morgan fingerprint density at radius 3 is 1.94 bits per heavy atom. The number of phenolic OH excluding ortho intramolecular Hbond substituents is 1. The van der Waals surface area contributed by atoms with Crippen LogP contribution in [-0.2, 0) is 0 Å². The van der Waals surface area contributed by atoms with E-state index in [0.29, 0.717) is 17.1 Å². The molecular weight excluding hydrogens is 335 g/mol. The Kier molecular flexibility index (Phi) is 5.10. The van der Waals surface area contributed by atoms with Gasteiger partial charge in [0.25, 0.3) is 0 Å². The third-order valence-electron chi connectivity index (χ3n) is 3.46. The van der Waals surface area contributed by atoms with Crippen molar-refractivity contribution in [3.05, 3.63) is 29.8 Å². The van der Waals surface area contributed by atoms with E-state index in [2.05, 4.69) is 69.3 Å². The minimum Gasteiger partial charge on any atom is -0.508 e. The summed E-state index contributed by atoms with van der Waals surface area (Å²) in [4.78, 5) is 0. The minimum absolute atomic E-state index is 0.236. The molecule has 2 heteroatoms. The Bertz CT molecular complexity index is 373. The summed E-state index contributed by atoms with van der Waals surface area (Å²) < 4.78 is 1.16. The zero-order valence-corrected chi connectivity index (χ0v) is 14.3. The third-order valence-corrected chi connectivity index (χ3v) is 5.52. The molecule has 0 aliphatic heterocycles. The van der Waals surface area contributed by atoms with Crippen molar-refractivity contribution in [2.75, 3.05) is 4.43 Å². The van der Waals surface area contributed by atoms with Crippen molar-refractivity contribution >= 4 is 22.6 Å². The Labute approximate surface area is 125 Å². The third kappa shape index (κ3) is 4.45. The summed E-state index contributed by atoms with van der Waals surface area (Å²) in [5.74, 6) is 0.863. The lowest BCUT2D eigenvalue weighted by Crippen LogP contribution is -2.26. The highest BCUT2D eigenvalue weighted by atomic mass is 127. The molecule has 18 heavy (non-hydrogen) atoms. The summed E-state index contributed by atoms with van der Waals surface area (Å²) >= 11 is 2.48. The van der Waals surface area contributed by atoms with Crippen LogP contribution in [0.3, 0.4) is 0 Å². The van der Waals surface area contributed by atoms with Gasteiger partial charge in [-0.1, -0.05) is 69.3 Å². The molecule has 0 fully saturated rings. The molecule has 1 rings (SSSR count). The van der Waals surface area contributed by atoms with Gasteiger partial charge in [0.2, 0.25) is 0 Å². The SMILES string of the molecule is CC(C)(CI)CC(c1ccc(O)cc1)C(C)(C)C. The van der Waals surface area contributed by atoms with Crippen LogP contribution in [0.15, 0.2) is 24.3 Å². The van der Waals surface area contributed by atoms with Crippen LogP contribution in [0.2, 0.25) is 0 Å². The van der Waals surface area contributed by atoms with Gasteiger partial charge < -0.3 is 5.11 Å². The maximum absolute atomic E-state index is 9.42. The van der Waals surface area contributed by atoms with Gasteiger partial charge in [0.1, 0.15) is 5.75 Å². The van der Waals surface area contributed by atoms with Crippen molar-refractivity contribution in [3.8, 4) is 5.75 Å². The molecule has 1 atom stereocenters. The van der Waals surface area contributed by atoms with Gasteiger partial charge in [-0.25, -0.2) is 0 Å². The molecule has 0 heterocycles. The molecule has 0 aromatic heterocycles. The van der Waals surface area contributed by atoms with E-state index in [0.717, 1.165) is 4.43 Å². The van der Waals surface area contributed by atoms with E-state index < -0.39 is 0 Å². The number of phenols is 1. The first-order chi connectivity index (χ1) is 8.15. The van der Waals surface area contributed by atoms with Crippen molar-refractivity contribution in [1.29, 1.82) is 0 Å². The van der Waals surface area contributed by atoms with E-state index in [-0.39, 0.29) is 5.41 Å². The monoisotopic (exact) mass is 360 g/mol. The normalized spacial score (nSPS) is 14.6. The van der Waals surface area contributed by atoms with E-state index >= 15 is 0 Å². The Morgan fingerprint density at radius 2 is 1.56 bits per heavy atom. The highest BCUT2D eigenvalue weighted by Gasteiger charge is 2.31. The van der Waals surface area contributed by atoms with Crippen molar-refractivity contribution in [2.24, 2.45) is 10.8 Å². The van der Waals surface area contributed by atoms with Crippen LogP contribution in [0.25, 0.3) is 0 Å². The lowest BCUT2D eigenvalue weighted by atomic mass is 9.69. The standard InChI is InChI=1S/C16H25IO/c1-15(2,3)14(10-16(4,5)11-17)12-6-8-13(18)9-7-12/h6-9,14,18H,10-11H2,1-5H3. The average Bonchev–Trinajstić information content (AvgIpc) is 2.26. The second-order valence-corrected chi connectivity index (χ2v) is 7.77. The second kappa shape index (κ2) is 5.81. The number of aromatic hydroxyl groups is 1. The van der Waals surface area contributed by atoms with Crippen molar-refractivity contribution in [2.45, 2.75) is 47.0 Å². The van der Waals surface area contributed by atoms with Crippen LogP contribution in [0, 0.1) is 10.8 Å². The van der Waals surface area contributed by atoms with Crippen LogP contribution >= 0.6 is 22.6 Å². The molecule has 0 aliphatic carbocycles. The molecule has 0 amide bonds. The molecule has 0 aliphatic rings. The minimum atomic E-state index is 0.236. The van der Waals surface area contributed by atoms with E-state index in [1.807, 2.05) is 0 Å². The zero-order valence-electron chi connectivity index (χ0n) is 12.1. The van der Waals surface area contributed by atoms with E-state index in [9.17, 15) is 5.11 Å². The van der Waals surface area contributed by atoms with E-state index in [4.69, 9.17) is 0 Å². The first-order valence-corrected chi connectivity index (χ1v) is 8.03. The summed E-state index contributed by atoms with van der Waals surface area (Å²) in [6.45, 7) is 11.6. The van der Waals surface area contributed by atoms with Crippen LogP contribution in [0.1, 0.15) is 52.5 Å². The molecule has 0 bridgehead atoms. The number of alkyl halides is 1. The molecule has 1 aromatic rings. The van der Waals surface area contributed by atoms with Gasteiger partial charge in [0.15, 0.2) is 0 Å². The van der Waals surface area contributed by atoms with Gasteiger partial charge in [-0.3, -0.25) is 0 Å². The topological polar surface area (TPSA) is 20.2 Å². The van der Waals surface area contributed by atoms with Crippen molar-refractivity contribution in [1.82, 2.24) is 0 Å². The first kappa shape index (κ1) is 15.8. The Hall–Kier alpha value is -0.250. The summed E-state index contributed by atoms with van der Waals surface area (Å²) in [7, 11) is 0. The van der Waals surface area contributed by atoms with Crippen LogP contribution in [0.5, 0.6) is 5.75 Å². The van der Waals surface area contributed by atoms with Crippen LogP contribution in [-0.4, -0.2) is 9.53 Å². The summed E-state index contributed by atoms with van der Waals surface area (Å²) in [6, 6.07) is 7.72. The summed E-state index contributed by atoms with van der Waals surface area (Å²) in [5, 5.41) is 9.42. The lowest BCUT2D eigenvalue weighted by Gasteiger charge is -2.37. The second-order valence-electron chi connectivity index (χ2n) is 7.01. The Balaban J connectivity index is 3.03. The summed E-state index contributed by atoms with van der Waals surface area (Å²) in [6.07, 6.45) is 1.17. The molecular formula is C16H25IO. The van der Waals surface area contributed by atoms with Gasteiger partial charge in [0.05, 0.1) is 0 Å². The number of halogens is 1. The Morgan fingerprint density at radius 1 is 1.06 bits per heavy atom.